The maximum absolute atomic E-state index is 11.4. The third-order valence-electron chi connectivity index (χ3n) is 5.85. The molecule has 33 heavy (non-hydrogen) atoms. The van der Waals surface area contributed by atoms with E-state index in [0.29, 0.717) is 19.3 Å². The Balaban J connectivity index is 0. The van der Waals surface area contributed by atoms with Crippen molar-refractivity contribution in [1.29, 1.82) is 0 Å². The lowest BCUT2D eigenvalue weighted by molar-refractivity contribution is -0.849. The number of hydrogen-bond donors (Lipinski definition) is 1. The summed E-state index contributed by atoms with van der Waals surface area (Å²) >= 11 is 0. The number of carbonyl (C=O) groups excluding carboxylic acids is 1. The molecule has 0 aromatic heterocycles. The predicted octanol–water partition coefficient (Wildman–Crippen LogP) is 6.44. The number of hydrogen-bond acceptors (Lipinski definition) is 3. The molecule has 0 aliphatic rings. The highest BCUT2D eigenvalue weighted by Crippen LogP contribution is 2.22. The summed E-state index contributed by atoms with van der Waals surface area (Å²) in [5, 5.41) is 20.8. The summed E-state index contributed by atoms with van der Waals surface area (Å²) in [7, 11) is 8.50. The summed E-state index contributed by atoms with van der Waals surface area (Å²) in [6.07, 6.45) is 18.3. The zero-order valence-electron chi connectivity index (χ0n) is 23.0. The molecule has 1 N–H and O–H groups in total. The molecule has 2 atom stereocenters. The predicted molar refractivity (Wildman–Crippen MR) is 138 cm³/mol. The van der Waals surface area contributed by atoms with Gasteiger partial charge in [0.05, 0.1) is 34.1 Å². The number of carboxylic acids is 2. The van der Waals surface area contributed by atoms with Crippen LogP contribution in [0, 0.1) is 11.8 Å². The molecule has 0 saturated carbocycles. The Morgan fingerprint density at radius 3 is 1.18 bits per heavy atom. The molecule has 198 valence electrons. The zero-order chi connectivity index (χ0) is 25.5. The third-order valence-corrected chi connectivity index (χ3v) is 5.85. The molecule has 5 heteroatoms. The number of carbonyl (C=O) groups is 2. The minimum atomic E-state index is -0.935. The van der Waals surface area contributed by atoms with Crippen molar-refractivity contribution in [3.63, 3.8) is 0 Å². The number of nitrogens with zero attached hydrogens (tertiary/aromatic N) is 1. The molecule has 2 unspecified atom stereocenters. The highest BCUT2D eigenvalue weighted by atomic mass is 16.4. The van der Waals surface area contributed by atoms with Crippen LogP contribution in [-0.2, 0) is 9.59 Å². The lowest BCUT2D eigenvalue weighted by Crippen LogP contribution is -2.31. The maximum Gasteiger partial charge on any atom is 0.306 e. The summed E-state index contributed by atoms with van der Waals surface area (Å²) in [5.74, 6) is -2.27. The molecule has 0 heterocycles. The Morgan fingerprint density at radius 1 is 0.606 bits per heavy atom. The second kappa shape index (κ2) is 22.7. The van der Waals surface area contributed by atoms with Crippen molar-refractivity contribution in [1.82, 2.24) is 0 Å². The van der Waals surface area contributed by atoms with Gasteiger partial charge in [-0.1, -0.05) is 104 Å². The van der Waals surface area contributed by atoms with Gasteiger partial charge in [-0.05, 0) is 31.6 Å². The van der Waals surface area contributed by atoms with E-state index >= 15 is 0 Å². The highest BCUT2D eigenvalue weighted by Gasteiger charge is 2.17. The summed E-state index contributed by atoms with van der Waals surface area (Å²) < 4.78 is 1.00. The molecule has 0 radical (unpaired) electrons. The van der Waals surface area contributed by atoms with Gasteiger partial charge in [-0.3, -0.25) is 4.79 Å². The fourth-order valence-electron chi connectivity index (χ4n) is 3.89. The minimum absolute atomic E-state index is 0.272. The first-order chi connectivity index (χ1) is 15.5. The molecule has 0 aromatic carbocycles. The number of aliphatic carboxylic acids is 2. The smallest absolute Gasteiger partial charge is 0.306 e. The van der Waals surface area contributed by atoms with Crippen LogP contribution in [-0.4, -0.2) is 49.7 Å². The largest absolute Gasteiger partial charge is 0.550 e. The number of carboxylic acid groups (broad SMARTS) is 2. The zero-order valence-corrected chi connectivity index (χ0v) is 23.0. The van der Waals surface area contributed by atoms with E-state index in [0.717, 1.165) is 49.4 Å². The number of unbranched alkanes of at least 4 members (excludes halogenated alkanes) is 11. The van der Waals surface area contributed by atoms with Crippen molar-refractivity contribution in [3.05, 3.63) is 0 Å². The second-order valence-electron chi connectivity index (χ2n) is 11.1. The summed E-state index contributed by atoms with van der Waals surface area (Å²) in [5.41, 5.74) is 0. The van der Waals surface area contributed by atoms with E-state index in [1.165, 1.54) is 51.4 Å². The fourth-order valence-corrected chi connectivity index (χ4v) is 3.89. The average Bonchev–Trinajstić information content (AvgIpc) is 2.71. The van der Waals surface area contributed by atoms with E-state index in [4.69, 9.17) is 0 Å². The van der Waals surface area contributed by atoms with Crippen molar-refractivity contribution in [2.24, 2.45) is 11.8 Å². The molecular formula is C28H57NO4. The molecule has 0 aromatic rings. The van der Waals surface area contributed by atoms with Crippen molar-refractivity contribution in [3.8, 4) is 0 Å². The first kappa shape index (κ1) is 34.1. The Bertz CT molecular complexity index is 417. The monoisotopic (exact) mass is 471 g/mol. The van der Waals surface area contributed by atoms with E-state index in [1.807, 2.05) is 0 Å². The van der Waals surface area contributed by atoms with Crippen LogP contribution >= 0.6 is 0 Å². The number of rotatable bonds is 21. The van der Waals surface area contributed by atoms with Crippen molar-refractivity contribution in [2.45, 2.75) is 129 Å². The van der Waals surface area contributed by atoms with Gasteiger partial charge in [0, 0.05) is 5.97 Å². The normalized spacial score (nSPS) is 13.2. The van der Waals surface area contributed by atoms with Gasteiger partial charge < -0.3 is 19.5 Å². The van der Waals surface area contributed by atoms with Crippen LogP contribution in [0.3, 0.4) is 0 Å². The van der Waals surface area contributed by atoms with Crippen molar-refractivity contribution < 1.29 is 24.3 Å². The first-order valence-electron chi connectivity index (χ1n) is 13.7. The van der Waals surface area contributed by atoms with Gasteiger partial charge in [0.15, 0.2) is 0 Å². The van der Waals surface area contributed by atoms with E-state index in [1.54, 1.807) is 0 Å². The van der Waals surface area contributed by atoms with E-state index in [-0.39, 0.29) is 11.8 Å². The Hall–Kier alpha value is -1.10. The van der Waals surface area contributed by atoms with Gasteiger partial charge in [-0.2, -0.15) is 0 Å². The van der Waals surface area contributed by atoms with Gasteiger partial charge in [-0.25, -0.2) is 0 Å². The second-order valence-corrected chi connectivity index (χ2v) is 11.1. The van der Waals surface area contributed by atoms with Crippen LogP contribution in [0.15, 0.2) is 0 Å². The Morgan fingerprint density at radius 2 is 0.879 bits per heavy atom. The lowest BCUT2D eigenvalue weighted by Gasteiger charge is -2.18. The van der Waals surface area contributed by atoms with Crippen LogP contribution in [0.4, 0.5) is 0 Å². The highest BCUT2D eigenvalue weighted by molar-refractivity contribution is 5.69. The third kappa shape index (κ3) is 28.9. The summed E-state index contributed by atoms with van der Waals surface area (Å²) in [6, 6.07) is 0. The Labute approximate surface area is 205 Å². The minimum Gasteiger partial charge on any atom is -0.550 e. The summed E-state index contributed by atoms with van der Waals surface area (Å²) in [6.45, 7) is 4.38. The molecular weight excluding hydrogens is 414 g/mol. The topological polar surface area (TPSA) is 77.4 Å². The Kier molecular flexibility index (Phi) is 23.4. The molecule has 0 saturated heterocycles. The molecule has 0 amide bonds. The van der Waals surface area contributed by atoms with Crippen LogP contribution < -0.4 is 5.11 Å². The van der Waals surface area contributed by atoms with E-state index in [2.05, 4.69) is 42.0 Å². The van der Waals surface area contributed by atoms with Gasteiger partial charge in [0.2, 0.25) is 0 Å². The summed E-state index contributed by atoms with van der Waals surface area (Å²) in [4.78, 5) is 22.8. The molecule has 0 aliphatic heterocycles. The van der Waals surface area contributed by atoms with Crippen LogP contribution in [0.25, 0.3) is 0 Å². The molecule has 5 nitrogen and oxygen atoms in total. The molecule has 0 aliphatic carbocycles. The molecule has 0 fully saturated rings. The van der Waals surface area contributed by atoms with Gasteiger partial charge in [0.1, 0.15) is 0 Å². The average molecular weight is 472 g/mol. The van der Waals surface area contributed by atoms with Crippen LogP contribution in [0.1, 0.15) is 129 Å². The lowest BCUT2D eigenvalue weighted by atomic mass is 9.91. The van der Waals surface area contributed by atoms with Crippen molar-refractivity contribution in [2.75, 3.05) is 28.2 Å². The maximum atomic E-state index is 11.4. The quantitative estimate of drug-likeness (QED) is 0.154. The fraction of sp³-hybridized carbons (Fsp3) is 0.929. The first-order valence-corrected chi connectivity index (χ1v) is 13.7. The van der Waals surface area contributed by atoms with Crippen LogP contribution in [0.2, 0.25) is 0 Å². The SMILES string of the molecule is CCCCCCCCC(CCCCC(CCCCCCCC)C(=O)O)C(=O)[O-].C[N+](C)(C)C. The molecule has 0 rings (SSSR count). The molecule has 0 bridgehead atoms. The molecule has 0 spiro atoms. The van der Waals surface area contributed by atoms with E-state index in [9.17, 15) is 19.8 Å². The standard InChI is InChI=1S/C24H46O4.C4H12N/c1-3-5-7-9-11-13-17-21(23(25)26)19-15-16-20-22(24(27)28)18-14-12-10-8-6-4-2;1-5(2,3)4/h21-22H,3-20H2,1-2H3,(H,25,26)(H,27,28);1-4H3/q;+1/p-1. The van der Waals surface area contributed by atoms with Crippen molar-refractivity contribution >= 4 is 11.9 Å². The van der Waals surface area contributed by atoms with Gasteiger partial charge >= 0.3 is 5.97 Å². The number of quaternary nitrogens is 1. The van der Waals surface area contributed by atoms with Gasteiger partial charge in [-0.15, -0.1) is 0 Å². The van der Waals surface area contributed by atoms with E-state index < -0.39 is 11.9 Å². The van der Waals surface area contributed by atoms with Crippen LogP contribution in [0.5, 0.6) is 0 Å². The van der Waals surface area contributed by atoms with Gasteiger partial charge in [0.25, 0.3) is 0 Å².